The van der Waals surface area contributed by atoms with Crippen molar-refractivity contribution < 1.29 is 4.79 Å². The van der Waals surface area contributed by atoms with Gasteiger partial charge in [-0.05, 0) is 23.4 Å². The van der Waals surface area contributed by atoms with E-state index in [1.165, 1.54) is 33.9 Å². The number of rotatable bonds is 6. The summed E-state index contributed by atoms with van der Waals surface area (Å²) in [5, 5.41) is 1.95. The average Bonchev–Trinajstić information content (AvgIpc) is 3.30. The van der Waals surface area contributed by atoms with Crippen molar-refractivity contribution in [2.24, 2.45) is 0 Å². The van der Waals surface area contributed by atoms with Crippen molar-refractivity contribution in [1.82, 2.24) is 19.4 Å². The molecule has 0 saturated carbocycles. The van der Waals surface area contributed by atoms with Crippen LogP contribution in [0.25, 0.3) is 10.6 Å². The summed E-state index contributed by atoms with van der Waals surface area (Å²) in [6.45, 7) is 4.17. The third-order valence-corrected chi connectivity index (χ3v) is 6.14. The topological polar surface area (TPSA) is 58.4 Å². The van der Waals surface area contributed by atoms with Gasteiger partial charge in [-0.1, -0.05) is 36.4 Å². The molecule has 7 heteroatoms. The van der Waals surface area contributed by atoms with Gasteiger partial charge in [-0.25, -0.2) is 4.98 Å². The number of carbonyl (C=O) groups is 1. The summed E-state index contributed by atoms with van der Waals surface area (Å²) in [7, 11) is 0. The zero-order chi connectivity index (χ0) is 20.1. The summed E-state index contributed by atoms with van der Waals surface area (Å²) < 4.78 is 1.39. The van der Waals surface area contributed by atoms with Crippen LogP contribution in [0.5, 0.6) is 0 Å². The molecule has 1 aliphatic heterocycles. The molecule has 1 fully saturated rings. The van der Waals surface area contributed by atoms with E-state index in [1.807, 2.05) is 28.5 Å². The monoisotopic (exact) mass is 408 g/mol. The van der Waals surface area contributed by atoms with Gasteiger partial charge in [0.15, 0.2) is 0 Å². The molecule has 0 bridgehead atoms. The molecule has 150 valence electrons. The normalized spacial score (nSPS) is 14.8. The van der Waals surface area contributed by atoms with Crippen molar-refractivity contribution in [1.29, 1.82) is 0 Å². The second-order valence-electron chi connectivity index (χ2n) is 7.18. The highest BCUT2D eigenvalue weighted by atomic mass is 32.1. The van der Waals surface area contributed by atoms with E-state index in [-0.39, 0.29) is 18.0 Å². The fourth-order valence-electron chi connectivity index (χ4n) is 3.50. The Hall–Kier alpha value is -2.77. The first-order chi connectivity index (χ1) is 14.2. The van der Waals surface area contributed by atoms with Crippen LogP contribution < -0.4 is 5.56 Å². The lowest BCUT2D eigenvalue weighted by atomic mass is 10.1. The lowest BCUT2D eigenvalue weighted by Gasteiger charge is -2.34. The number of hydrogen-bond acceptors (Lipinski definition) is 5. The van der Waals surface area contributed by atoms with E-state index in [4.69, 9.17) is 0 Å². The van der Waals surface area contributed by atoms with Crippen molar-refractivity contribution in [2.75, 3.05) is 32.7 Å². The summed E-state index contributed by atoms with van der Waals surface area (Å²) in [6.07, 6.45) is 2.50. The number of piperazine rings is 1. The first-order valence-corrected chi connectivity index (χ1v) is 10.7. The zero-order valence-electron chi connectivity index (χ0n) is 16.2. The van der Waals surface area contributed by atoms with Gasteiger partial charge in [0.05, 0.1) is 16.9 Å². The van der Waals surface area contributed by atoms with Crippen LogP contribution in [-0.4, -0.2) is 58.0 Å². The fourth-order valence-corrected chi connectivity index (χ4v) is 4.20. The lowest BCUT2D eigenvalue weighted by molar-refractivity contribution is -0.133. The summed E-state index contributed by atoms with van der Waals surface area (Å²) in [5.74, 6) is -0.0273. The Labute approximate surface area is 174 Å². The van der Waals surface area contributed by atoms with Crippen LogP contribution in [0.4, 0.5) is 0 Å². The van der Waals surface area contributed by atoms with Crippen molar-refractivity contribution in [3.05, 3.63) is 76.2 Å². The van der Waals surface area contributed by atoms with Crippen molar-refractivity contribution >= 4 is 17.2 Å². The molecule has 0 radical (unpaired) electrons. The molecule has 2 aromatic heterocycles. The number of amides is 1. The van der Waals surface area contributed by atoms with E-state index in [0.29, 0.717) is 18.8 Å². The van der Waals surface area contributed by atoms with Crippen LogP contribution in [0.1, 0.15) is 5.56 Å². The van der Waals surface area contributed by atoms with E-state index < -0.39 is 0 Å². The molecule has 6 nitrogen and oxygen atoms in total. The van der Waals surface area contributed by atoms with E-state index >= 15 is 0 Å². The summed E-state index contributed by atoms with van der Waals surface area (Å²) >= 11 is 1.54. The third kappa shape index (κ3) is 4.99. The van der Waals surface area contributed by atoms with E-state index in [0.717, 1.165) is 30.9 Å². The Morgan fingerprint density at radius 2 is 1.83 bits per heavy atom. The van der Waals surface area contributed by atoms with Gasteiger partial charge in [-0.2, -0.15) is 0 Å². The van der Waals surface area contributed by atoms with E-state index in [1.54, 1.807) is 0 Å². The van der Waals surface area contributed by atoms with Crippen LogP contribution in [-0.2, 0) is 17.8 Å². The van der Waals surface area contributed by atoms with Gasteiger partial charge in [0, 0.05) is 38.8 Å². The highest BCUT2D eigenvalue weighted by molar-refractivity contribution is 7.13. The number of nitrogens with zero attached hydrogens (tertiary/aromatic N) is 4. The molecule has 0 atom stereocenters. The van der Waals surface area contributed by atoms with Crippen molar-refractivity contribution in [3.8, 4) is 10.6 Å². The first kappa shape index (κ1) is 19.5. The van der Waals surface area contributed by atoms with Crippen LogP contribution in [0.15, 0.2) is 65.0 Å². The highest BCUT2D eigenvalue weighted by Crippen LogP contribution is 2.20. The lowest BCUT2D eigenvalue weighted by Crippen LogP contribution is -2.50. The maximum atomic E-state index is 12.6. The Bertz CT molecular complexity index is 993. The number of benzene rings is 1. The minimum atomic E-state index is -0.196. The molecule has 29 heavy (non-hydrogen) atoms. The smallest absolute Gasteiger partial charge is 0.254 e. The zero-order valence-corrected chi connectivity index (χ0v) is 17.1. The molecule has 1 saturated heterocycles. The van der Waals surface area contributed by atoms with Crippen molar-refractivity contribution in [3.63, 3.8) is 0 Å². The van der Waals surface area contributed by atoms with Crippen LogP contribution in [0.2, 0.25) is 0 Å². The van der Waals surface area contributed by atoms with E-state index in [2.05, 4.69) is 34.1 Å². The molecular formula is C22H24N4O2S. The van der Waals surface area contributed by atoms with Gasteiger partial charge in [0.1, 0.15) is 6.54 Å². The molecule has 1 aromatic carbocycles. The molecule has 3 heterocycles. The molecule has 0 aliphatic carbocycles. The largest absolute Gasteiger partial charge is 0.339 e. The number of aromatic nitrogens is 2. The standard InChI is InChI=1S/C22H24N4O2S/c27-21-15-19(20-7-4-14-29-20)23-17-26(21)16-22(28)25-12-10-24(11-13-25)9-8-18-5-2-1-3-6-18/h1-7,14-15,17H,8-13,16H2. The summed E-state index contributed by atoms with van der Waals surface area (Å²) in [5.41, 5.74) is 1.79. The predicted octanol–water partition coefficient (Wildman–Crippen LogP) is 2.36. The van der Waals surface area contributed by atoms with Crippen molar-refractivity contribution in [2.45, 2.75) is 13.0 Å². The van der Waals surface area contributed by atoms with Crippen LogP contribution >= 0.6 is 11.3 Å². The molecule has 1 aliphatic rings. The Morgan fingerprint density at radius 3 is 2.52 bits per heavy atom. The Balaban J connectivity index is 1.28. The molecule has 0 N–H and O–H groups in total. The SMILES string of the molecule is O=C(Cn1cnc(-c2cccs2)cc1=O)N1CCN(CCc2ccccc2)CC1. The minimum Gasteiger partial charge on any atom is -0.339 e. The van der Waals surface area contributed by atoms with E-state index in [9.17, 15) is 9.59 Å². The summed E-state index contributed by atoms with van der Waals surface area (Å²) in [6, 6.07) is 15.8. The molecular weight excluding hydrogens is 384 g/mol. The number of thiophene rings is 1. The maximum absolute atomic E-state index is 12.6. The second-order valence-corrected chi connectivity index (χ2v) is 8.12. The van der Waals surface area contributed by atoms with Gasteiger partial charge < -0.3 is 4.90 Å². The molecule has 0 unspecified atom stereocenters. The number of carbonyl (C=O) groups excluding carboxylic acids is 1. The third-order valence-electron chi connectivity index (χ3n) is 5.24. The molecule has 0 spiro atoms. The summed E-state index contributed by atoms with van der Waals surface area (Å²) in [4.78, 5) is 34.5. The predicted molar refractivity (Wildman–Crippen MR) is 115 cm³/mol. The Morgan fingerprint density at radius 1 is 1.03 bits per heavy atom. The van der Waals surface area contributed by atoms with Gasteiger partial charge >= 0.3 is 0 Å². The van der Waals surface area contributed by atoms with Crippen LogP contribution in [0, 0.1) is 0 Å². The van der Waals surface area contributed by atoms with Gasteiger partial charge in [-0.3, -0.25) is 19.1 Å². The molecule has 1 amide bonds. The van der Waals surface area contributed by atoms with Crippen LogP contribution in [0.3, 0.4) is 0 Å². The number of hydrogen-bond donors (Lipinski definition) is 0. The second kappa shape index (κ2) is 9.15. The molecule has 4 rings (SSSR count). The minimum absolute atomic E-state index is 0.0273. The quantitative estimate of drug-likeness (QED) is 0.628. The highest BCUT2D eigenvalue weighted by Gasteiger charge is 2.21. The Kier molecular flexibility index (Phi) is 6.17. The first-order valence-electron chi connectivity index (χ1n) is 9.83. The average molecular weight is 409 g/mol. The van der Waals surface area contributed by atoms with Gasteiger partial charge in [0.2, 0.25) is 5.91 Å². The maximum Gasteiger partial charge on any atom is 0.254 e. The fraction of sp³-hybridized carbons (Fsp3) is 0.318. The van der Waals surface area contributed by atoms with Gasteiger partial charge in [0.25, 0.3) is 5.56 Å². The van der Waals surface area contributed by atoms with Gasteiger partial charge in [-0.15, -0.1) is 11.3 Å². The molecule has 3 aromatic rings.